The Morgan fingerprint density at radius 2 is 1.56 bits per heavy atom. The average molecular weight is 440 g/mol. The molecule has 0 bridgehead atoms. The lowest BCUT2D eigenvalue weighted by atomic mass is 10.1. The van der Waals surface area contributed by atoms with Crippen LogP contribution in [0.25, 0.3) is 11.0 Å². The molecule has 8 nitrogen and oxygen atoms in total. The molecule has 0 spiro atoms. The summed E-state index contributed by atoms with van der Waals surface area (Å²) in [4.78, 5) is 39.4. The van der Waals surface area contributed by atoms with Gasteiger partial charge in [0.05, 0.1) is 22.4 Å². The van der Waals surface area contributed by atoms with Crippen LogP contribution < -0.4 is 26.1 Å². The predicted octanol–water partition coefficient (Wildman–Crippen LogP) is 2.38. The van der Waals surface area contributed by atoms with Gasteiger partial charge in [-0.05, 0) is 55.7 Å². The maximum atomic E-state index is 13.1. The average Bonchev–Trinajstić information content (AvgIpc) is 2.81. The molecule has 0 aliphatic carbocycles. The number of hydrogen-bond acceptors (Lipinski definition) is 5. The predicted molar refractivity (Wildman–Crippen MR) is 121 cm³/mol. The zero-order chi connectivity index (χ0) is 22.8. The van der Waals surface area contributed by atoms with Gasteiger partial charge < -0.3 is 24.1 Å². The highest BCUT2D eigenvalue weighted by Gasteiger charge is 2.20. The monoisotopic (exact) mass is 440 g/mol. The lowest BCUT2D eigenvalue weighted by molar-refractivity contribution is -0.118. The van der Waals surface area contributed by atoms with E-state index in [4.69, 9.17) is 4.74 Å². The third-order valence-electron chi connectivity index (χ3n) is 5.76. The molecule has 32 heavy (non-hydrogen) atoms. The zero-order valence-electron chi connectivity index (χ0n) is 18.1. The van der Waals surface area contributed by atoms with Crippen LogP contribution in [0, 0.1) is 5.82 Å². The van der Waals surface area contributed by atoms with Crippen LogP contribution >= 0.6 is 0 Å². The lowest BCUT2D eigenvalue weighted by Crippen LogP contribution is -2.39. The molecule has 2 heterocycles. The summed E-state index contributed by atoms with van der Waals surface area (Å²) in [6.07, 6.45) is 3.21. The van der Waals surface area contributed by atoms with E-state index in [0.717, 1.165) is 38.0 Å². The van der Waals surface area contributed by atoms with Gasteiger partial charge in [-0.2, -0.15) is 0 Å². The smallest absolute Gasteiger partial charge is 0.316 e. The van der Waals surface area contributed by atoms with Crippen LogP contribution in [0.15, 0.2) is 46.0 Å². The van der Waals surface area contributed by atoms with E-state index in [-0.39, 0.29) is 18.3 Å². The number of hydrogen-bond donors (Lipinski definition) is 1. The first kappa shape index (κ1) is 21.6. The molecule has 0 radical (unpaired) electrons. The van der Waals surface area contributed by atoms with Gasteiger partial charge in [-0.15, -0.1) is 0 Å². The number of aromatic nitrogens is 2. The van der Waals surface area contributed by atoms with Gasteiger partial charge in [0, 0.05) is 27.2 Å². The minimum atomic E-state index is -0.636. The number of nitrogens with zero attached hydrogens (tertiary/aromatic N) is 3. The van der Waals surface area contributed by atoms with E-state index in [0.29, 0.717) is 22.5 Å². The fourth-order valence-electron chi connectivity index (χ4n) is 3.97. The Bertz CT molecular complexity index is 1270. The van der Waals surface area contributed by atoms with Gasteiger partial charge >= 0.3 is 11.1 Å². The summed E-state index contributed by atoms with van der Waals surface area (Å²) in [6.45, 7) is 1.41. The van der Waals surface area contributed by atoms with Gasteiger partial charge in [-0.1, -0.05) is 0 Å². The number of ether oxygens (including phenoxy) is 1. The Morgan fingerprint density at radius 3 is 2.19 bits per heavy atom. The molecule has 1 N–H and O–H groups in total. The second-order valence-corrected chi connectivity index (χ2v) is 7.92. The SMILES string of the molecule is Cn1c(=O)c(=O)n(C)c2cc(N3CCCCC3)c(NC(=O)COc3ccc(F)cc3)cc21. The van der Waals surface area contributed by atoms with Gasteiger partial charge in [0.25, 0.3) is 5.91 Å². The number of anilines is 2. The Labute approximate surface area is 183 Å². The van der Waals surface area contributed by atoms with Crippen molar-refractivity contribution in [2.75, 3.05) is 29.9 Å². The molecule has 0 atom stereocenters. The zero-order valence-corrected chi connectivity index (χ0v) is 18.1. The van der Waals surface area contributed by atoms with Crippen LogP contribution in [0.4, 0.5) is 15.8 Å². The number of nitrogens with one attached hydrogen (secondary N) is 1. The summed E-state index contributed by atoms with van der Waals surface area (Å²) < 4.78 is 21.1. The van der Waals surface area contributed by atoms with E-state index in [1.54, 1.807) is 13.1 Å². The molecule has 1 aliphatic rings. The van der Waals surface area contributed by atoms with Crippen molar-refractivity contribution >= 4 is 28.3 Å². The largest absolute Gasteiger partial charge is 0.484 e. The second-order valence-electron chi connectivity index (χ2n) is 7.92. The number of fused-ring (bicyclic) bond motifs is 1. The van der Waals surface area contributed by atoms with E-state index in [2.05, 4.69) is 10.2 Å². The van der Waals surface area contributed by atoms with Gasteiger partial charge in [0.2, 0.25) is 0 Å². The molecule has 1 aliphatic heterocycles. The summed E-state index contributed by atoms with van der Waals surface area (Å²) >= 11 is 0. The molecule has 1 fully saturated rings. The van der Waals surface area contributed by atoms with Crippen molar-refractivity contribution in [1.29, 1.82) is 0 Å². The minimum absolute atomic E-state index is 0.255. The number of carbonyl (C=O) groups is 1. The number of piperidine rings is 1. The highest BCUT2D eigenvalue weighted by atomic mass is 19.1. The number of amides is 1. The third kappa shape index (κ3) is 4.23. The van der Waals surface area contributed by atoms with Crippen molar-refractivity contribution < 1.29 is 13.9 Å². The minimum Gasteiger partial charge on any atom is -0.484 e. The van der Waals surface area contributed by atoms with Crippen molar-refractivity contribution in [1.82, 2.24) is 9.13 Å². The quantitative estimate of drug-likeness (QED) is 0.616. The number of rotatable bonds is 5. The van der Waals surface area contributed by atoms with Crippen molar-refractivity contribution in [3.63, 3.8) is 0 Å². The molecule has 1 aromatic heterocycles. The summed E-state index contributed by atoms with van der Waals surface area (Å²) in [6, 6.07) is 8.99. The Hall–Kier alpha value is -3.62. The molecule has 1 saturated heterocycles. The molecular weight excluding hydrogens is 415 g/mol. The van der Waals surface area contributed by atoms with E-state index >= 15 is 0 Å². The molecule has 4 rings (SSSR count). The fraction of sp³-hybridized carbons (Fsp3) is 0.348. The highest BCUT2D eigenvalue weighted by molar-refractivity contribution is 5.99. The number of carbonyl (C=O) groups excluding carboxylic acids is 1. The summed E-state index contributed by atoms with van der Waals surface area (Å²) in [7, 11) is 3.11. The molecule has 2 aromatic carbocycles. The van der Waals surface area contributed by atoms with Crippen LogP contribution in [0.5, 0.6) is 5.75 Å². The Kier molecular flexibility index (Phi) is 5.98. The summed E-state index contributed by atoms with van der Waals surface area (Å²) in [5.74, 6) is -0.389. The van der Waals surface area contributed by atoms with Gasteiger partial charge in [-0.3, -0.25) is 14.4 Å². The number of halogens is 1. The first-order chi connectivity index (χ1) is 15.3. The molecule has 9 heteroatoms. The maximum Gasteiger partial charge on any atom is 0.316 e. The van der Waals surface area contributed by atoms with Crippen LogP contribution in [0.1, 0.15) is 19.3 Å². The molecule has 1 amide bonds. The van der Waals surface area contributed by atoms with Crippen LogP contribution in [-0.4, -0.2) is 34.7 Å². The van der Waals surface area contributed by atoms with Crippen LogP contribution in [0.2, 0.25) is 0 Å². The van der Waals surface area contributed by atoms with E-state index in [1.807, 2.05) is 6.07 Å². The summed E-state index contributed by atoms with van der Waals surface area (Å²) in [5, 5.41) is 2.88. The maximum absolute atomic E-state index is 13.1. The first-order valence-electron chi connectivity index (χ1n) is 10.5. The van der Waals surface area contributed by atoms with E-state index in [1.165, 1.54) is 40.4 Å². The van der Waals surface area contributed by atoms with Crippen molar-refractivity contribution in [3.05, 3.63) is 62.9 Å². The first-order valence-corrected chi connectivity index (χ1v) is 10.5. The number of benzene rings is 2. The van der Waals surface area contributed by atoms with Crippen molar-refractivity contribution in [2.45, 2.75) is 19.3 Å². The Balaban J connectivity index is 1.69. The lowest BCUT2D eigenvalue weighted by Gasteiger charge is -2.31. The van der Waals surface area contributed by atoms with Crippen LogP contribution in [-0.2, 0) is 18.9 Å². The molecule has 0 saturated carbocycles. The standard InChI is InChI=1S/C23H25FN4O4/c1-26-19-12-17(25-21(29)14-32-16-8-6-15(24)7-9-16)18(28-10-4-3-5-11-28)13-20(19)27(2)23(31)22(26)30/h6-9,12-13H,3-5,10-11,14H2,1-2H3,(H,25,29). The third-order valence-corrected chi connectivity index (χ3v) is 5.76. The topological polar surface area (TPSA) is 85.6 Å². The second kappa shape index (κ2) is 8.86. The van der Waals surface area contributed by atoms with Crippen LogP contribution in [0.3, 0.4) is 0 Å². The van der Waals surface area contributed by atoms with Crippen molar-refractivity contribution in [3.8, 4) is 5.75 Å². The Morgan fingerprint density at radius 1 is 0.969 bits per heavy atom. The molecule has 0 unspecified atom stereocenters. The highest BCUT2D eigenvalue weighted by Crippen LogP contribution is 2.32. The summed E-state index contributed by atoms with van der Waals surface area (Å²) in [5.41, 5.74) is 1.24. The number of aryl methyl sites for hydroxylation is 2. The molecular formula is C23H25FN4O4. The molecule has 3 aromatic rings. The normalized spacial score (nSPS) is 13.9. The fourth-order valence-corrected chi connectivity index (χ4v) is 3.97. The van der Waals surface area contributed by atoms with Gasteiger partial charge in [0.15, 0.2) is 6.61 Å². The van der Waals surface area contributed by atoms with Gasteiger partial charge in [0.1, 0.15) is 11.6 Å². The van der Waals surface area contributed by atoms with Gasteiger partial charge in [-0.25, -0.2) is 4.39 Å². The van der Waals surface area contributed by atoms with E-state index < -0.39 is 11.1 Å². The van der Waals surface area contributed by atoms with E-state index in [9.17, 15) is 18.8 Å². The molecule has 168 valence electrons. The van der Waals surface area contributed by atoms with Crippen molar-refractivity contribution in [2.24, 2.45) is 14.1 Å².